The van der Waals surface area contributed by atoms with Crippen LogP contribution in [0, 0.1) is 19.8 Å². The minimum Gasteiger partial charge on any atom is -0.378 e. The highest BCUT2D eigenvalue weighted by Gasteiger charge is 2.16. The van der Waals surface area contributed by atoms with Crippen LogP contribution in [0.15, 0.2) is 0 Å². The molecular weight excluding hydrogens is 252 g/mol. The molecule has 2 rings (SSSR count). The highest BCUT2D eigenvalue weighted by molar-refractivity contribution is 5.36. The van der Waals surface area contributed by atoms with Crippen LogP contribution in [0.5, 0.6) is 0 Å². The van der Waals surface area contributed by atoms with E-state index < -0.39 is 0 Å². The van der Waals surface area contributed by atoms with E-state index in [1.165, 1.54) is 5.56 Å². The molecule has 0 aliphatic carbocycles. The molecule has 0 amide bonds. The maximum atomic E-state index is 5.37. The van der Waals surface area contributed by atoms with Crippen LogP contribution in [-0.2, 0) is 11.3 Å². The second-order valence-electron chi connectivity index (χ2n) is 5.80. The van der Waals surface area contributed by atoms with E-state index in [2.05, 4.69) is 47.9 Å². The molecule has 5 nitrogen and oxygen atoms in total. The first kappa shape index (κ1) is 15.2. The molecule has 1 N–H and O–H groups in total. The standard InChI is InChI=1S/C15H26N4O/c1-11(2)9-16-10-14-12(3)17-15(18-13(14)4)19-5-7-20-8-6-19/h11,16H,5-10H2,1-4H3. The van der Waals surface area contributed by atoms with Gasteiger partial charge < -0.3 is 15.0 Å². The average Bonchev–Trinajstić information content (AvgIpc) is 2.42. The lowest BCUT2D eigenvalue weighted by Gasteiger charge is -2.27. The van der Waals surface area contributed by atoms with Gasteiger partial charge in [-0.05, 0) is 26.3 Å². The van der Waals surface area contributed by atoms with Crippen molar-refractivity contribution < 1.29 is 4.74 Å². The first-order valence-corrected chi connectivity index (χ1v) is 7.45. The third-order valence-corrected chi connectivity index (χ3v) is 3.56. The fourth-order valence-electron chi connectivity index (χ4n) is 2.37. The van der Waals surface area contributed by atoms with E-state index in [1.807, 2.05) is 0 Å². The Morgan fingerprint density at radius 1 is 1.15 bits per heavy atom. The number of morpholine rings is 1. The Morgan fingerprint density at radius 3 is 2.30 bits per heavy atom. The van der Waals surface area contributed by atoms with Gasteiger partial charge in [-0.2, -0.15) is 0 Å². The third kappa shape index (κ3) is 3.90. The Bertz CT molecular complexity index is 418. The molecular formula is C15H26N4O. The summed E-state index contributed by atoms with van der Waals surface area (Å²) in [6.07, 6.45) is 0. The van der Waals surface area contributed by atoms with Crippen molar-refractivity contribution in [3.8, 4) is 0 Å². The lowest BCUT2D eigenvalue weighted by Crippen LogP contribution is -2.37. The quantitative estimate of drug-likeness (QED) is 0.888. The van der Waals surface area contributed by atoms with Gasteiger partial charge in [0.1, 0.15) is 0 Å². The van der Waals surface area contributed by atoms with Gasteiger partial charge in [0.15, 0.2) is 0 Å². The predicted octanol–water partition coefficient (Wildman–Crippen LogP) is 1.68. The molecule has 1 fully saturated rings. The summed E-state index contributed by atoms with van der Waals surface area (Å²) in [6, 6.07) is 0. The van der Waals surface area contributed by atoms with Crippen molar-refractivity contribution in [1.29, 1.82) is 0 Å². The number of ether oxygens (including phenoxy) is 1. The number of rotatable bonds is 5. The van der Waals surface area contributed by atoms with Crippen molar-refractivity contribution in [2.75, 3.05) is 37.7 Å². The van der Waals surface area contributed by atoms with Gasteiger partial charge in [-0.15, -0.1) is 0 Å². The van der Waals surface area contributed by atoms with Crippen LogP contribution < -0.4 is 10.2 Å². The molecule has 1 saturated heterocycles. The van der Waals surface area contributed by atoms with Crippen LogP contribution in [0.25, 0.3) is 0 Å². The Balaban J connectivity index is 2.07. The van der Waals surface area contributed by atoms with E-state index in [4.69, 9.17) is 4.74 Å². The van der Waals surface area contributed by atoms with Crippen molar-refractivity contribution in [2.24, 2.45) is 5.92 Å². The molecule has 0 atom stereocenters. The average molecular weight is 278 g/mol. The fourth-order valence-corrected chi connectivity index (χ4v) is 2.37. The van der Waals surface area contributed by atoms with E-state index in [0.29, 0.717) is 5.92 Å². The molecule has 1 aliphatic rings. The van der Waals surface area contributed by atoms with Gasteiger partial charge in [0, 0.05) is 36.6 Å². The van der Waals surface area contributed by atoms with Crippen molar-refractivity contribution in [2.45, 2.75) is 34.2 Å². The highest BCUT2D eigenvalue weighted by Crippen LogP contribution is 2.16. The summed E-state index contributed by atoms with van der Waals surface area (Å²) in [4.78, 5) is 11.6. The molecule has 0 bridgehead atoms. The molecule has 1 aliphatic heterocycles. The number of hydrogen-bond acceptors (Lipinski definition) is 5. The topological polar surface area (TPSA) is 50.3 Å². The number of aromatic nitrogens is 2. The molecule has 0 spiro atoms. The first-order valence-electron chi connectivity index (χ1n) is 7.45. The predicted molar refractivity (Wildman–Crippen MR) is 81.1 cm³/mol. The zero-order chi connectivity index (χ0) is 14.5. The number of anilines is 1. The van der Waals surface area contributed by atoms with Gasteiger partial charge in [-0.3, -0.25) is 0 Å². The molecule has 1 aromatic heterocycles. The van der Waals surface area contributed by atoms with E-state index in [9.17, 15) is 0 Å². The second-order valence-corrected chi connectivity index (χ2v) is 5.80. The van der Waals surface area contributed by atoms with Gasteiger partial charge in [-0.25, -0.2) is 9.97 Å². The Morgan fingerprint density at radius 2 is 1.75 bits per heavy atom. The highest BCUT2D eigenvalue weighted by atomic mass is 16.5. The summed E-state index contributed by atoms with van der Waals surface area (Å²) < 4.78 is 5.37. The number of hydrogen-bond donors (Lipinski definition) is 1. The van der Waals surface area contributed by atoms with Crippen molar-refractivity contribution in [1.82, 2.24) is 15.3 Å². The minimum atomic E-state index is 0.657. The van der Waals surface area contributed by atoms with Crippen LogP contribution in [0.4, 0.5) is 5.95 Å². The molecule has 0 radical (unpaired) electrons. The number of aryl methyl sites for hydroxylation is 2. The molecule has 0 saturated carbocycles. The Kier molecular flexibility index (Phi) is 5.31. The molecule has 2 heterocycles. The van der Waals surface area contributed by atoms with Gasteiger partial charge in [0.25, 0.3) is 0 Å². The molecule has 1 aromatic rings. The van der Waals surface area contributed by atoms with Crippen LogP contribution in [0.2, 0.25) is 0 Å². The summed E-state index contributed by atoms with van der Waals surface area (Å²) in [5.74, 6) is 1.50. The summed E-state index contributed by atoms with van der Waals surface area (Å²) in [5, 5.41) is 3.47. The van der Waals surface area contributed by atoms with E-state index in [-0.39, 0.29) is 0 Å². The molecule has 20 heavy (non-hydrogen) atoms. The third-order valence-electron chi connectivity index (χ3n) is 3.56. The molecule has 5 heteroatoms. The van der Waals surface area contributed by atoms with E-state index >= 15 is 0 Å². The van der Waals surface area contributed by atoms with E-state index in [1.54, 1.807) is 0 Å². The monoisotopic (exact) mass is 278 g/mol. The summed E-state index contributed by atoms with van der Waals surface area (Å²) >= 11 is 0. The number of nitrogens with zero attached hydrogens (tertiary/aromatic N) is 3. The minimum absolute atomic E-state index is 0.657. The van der Waals surface area contributed by atoms with Gasteiger partial charge in [0.2, 0.25) is 5.95 Å². The van der Waals surface area contributed by atoms with Crippen LogP contribution in [-0.4, -0.2) is 42.8 Å². The maximum absolute atomic E-state index is 5.37. The Labute approximate surface area is 121 Å². The summed E-state index contributed by atoms with van der Waals surface area (Å²) in [6.45, 7) is 13.7. The second kappa shape index (κ2) is 6.99. The van der Waals surface area contributed by atoms with Crippen molar-refractivity contribution >= 4 is 5.95 Å². The van der Waals surface area contributed by atoms with Crippen molar-refractivity contribution in [3.63, 3.8) is 0 Å². The maximum Gasteiger partial charge on any atom is 0.225 e. The summed E-state index contributed by atoms with van der Waals surface area (Å²) in [5.41, 5.74) is 3.38. The van der Waals surface area contributed by atoms with Gasteiger partial charge in [-0.1, -0.05) is 13.8 Å². The molecule has 112 valence electrons. The largest absolute Gasteiger partial charge is 0.378 e. The zero-order valence-corrected chi connectivity index (χ0v) is 13.1. The van der Waals surface area contributed by atoms with Crippen molar-refractivity contribution in [3.05, 3.63) is 17.0 Å². The SMILES string of the molecule is Cc1nc(N2CCOCC2)nc(C)c1CNCC(C)C. The van der Waals surface area contributed by atoms with Gasteiger partial charge >= 0.3 is 0 Å². The fraction of sp³-hybridized carbons (Fsp3) is 0.733. The Hall–Kier alpha value is -1.20. The number of nitrogens with one attached hydrogen (secondary N) is 1. The normalized spacial score (nSPS) is 15.9. The van der Waals surface area contributed by atoms with E-state index in [0.717, 1.165) is 56.7 Å². The van der Waals surface area contributed by atoms with Crippen LogP contribution in [0.3, 0.4) is 0 Å². The lowest BCUT2D eigenvalue weighted by atomic mass is 10.1. The smallest absolute Gasteiger partial charge is 0.225 e. The van der Waals surface area contributed by atoms with Gasteiger partial charge in [0.05, 0.1) is 13.2 Å². The lowest BCUT2D eigenvalue weighted by molar-refractivity contribution is 0.122. The first-order chi connectivity index (χ1) is 9.58. The summed E-state index contributed by atoms with van der Waals surface area (Å²) in [7, 11) is 0. The van der Waals surface area contributed by atoms with Crippen LogP contribution in [0.1, 0.15) is 30.8 Å². The molecule has 0 aromatic carbocycles. The molecule has 0 unspecified atom stereocenters. The van der Waals surface area contributed by atoms with Crippen LogP contribution >= 0.6 is 0 Å². The zero-order valence-electron chi connectivity index (χ0n) is 13.1.